The predicted octanol–water partition coefficient (Wildman–Crippen LogP) is 7.06. The van der Waals surface area contributed by atoms with Crippen molar-refractivity contribution in [2.45, 2.75) is 39.5 Å². The van der Waals surface area contributed by atoms with Crippen molar-refractivity contribution >= 4 is 16.6 Å². The molecule has 0 aliphatic carbocycles. The van der Waals surface area contributed by atoms with Gasteiger partial charge in [0.1, 0.15) is 11.4 Å². The Bertz CT molecular complexity index is 1480. The smallest absolute Gasteiger partial charge is 0.137 e. The Morgan fingerprint density at radius 2 is 1.68 bits per heavy atom. The van der Waals surface area contributed by atoms with E-state index in [9.17, 15) is 0 Å². The number of benzene rings is 2. The minimum absolute atomic E-state index is 0.699. The second kappa shape index (κ2) is 11.1. The van der Waals surface area contributed by atoms with Gasteiger partial charge in [-0.1, -0.05) is 30.3 Å². The highest BCUT2D eigenvalue weighted by atomic mass is 16.5. The Morgan fingerprint density at radius 3 is 2.43 bits per heavy atom. The maximum atomic E-state index is 5.42. The first-order chi connectivity index (χ1) is 18.0. The first-order valence-electron chi connectivity index (χ1n) is 13.2. The molecular weight excluding hydrogens is 456 g/mol. The Hall–Kier alpha value is -3.70. The number of aromatic nitrogens is 3. The summed E-state index contributed by atoms with van der Waals surface area (Å²) >= 11 is 0. The number of hydrogen-bond acceptors (Lipinski definition) is 4. The van der Waals surface area contributed by atoms with Crippen LogP contribution in [0.3, 0.4) is 0 Å². The van der Waals surface area contributed by atoms with Gasteiger partial charge >= 0.3 is 0 Å². The van der Waals surface area contributed by atoms with E-state index in [0.29, 0.717) is 6.61 Å². The van der Waals surface area contributed by atoms with Gasteiger partial charge in [-0.3, -0.25) is 4.98 Å². The van der Waals surface area contributed by atoms with Crippen molar-refractivity contribution in [3.63, 3.8) is 0 Å². The first-order valence-corrected chi connectivity index (χ1v) is 13.2. The molecule has 37 heavy (non-hydrogen) atoms. The molecule has 3 aromatic heterocycles. The van der Waals surface area contributed by atoms with Crippen LogP contribution in [0, 0.1) is 13.8 Å². The summed E-state index contributed by atoms with van der Waals surface area (Å²) in [4.78, 5) is 11.3. The molecule has 2 aromatic carbocycles. The topological polar surface area (TPSA) is 42.7 Å². The van der Waals surface area contributed by atoms with Crippen molar-refractivity contribution in [2.75, 3.05) is 26.7 Å². The summed E-state index contributed by atoms with van der Waals surface area (Å²) in [5, 5.41) is 1.13. The SMILES string of the molecule is CCOc1ccc2nc(C)ccc2c1.Cc1cnc2cc(-c3ccc(C4CCN(C)CC4)cc3)ccn12. The number of rotatable bonds is 4. The lowest BCUT2D eigenvalue weighted by molar-refractivity contribution is 0.255. The lowest BCUT2D eigenvalue weighted by Crippen LogP contribution is -2.29. The number of piperidine rings is 1. The number of nitrogens with zero attached hydrogens (tertiary/aromatic N) is 4. The van der Waals surface area contributed by atoms with Crippen LogP contribution in [-0.4, -0.2) is 46.0 Å². The molecule has 0 unspecified atom stereocenters. The van der Waals surface area contributed by atoms with Crippen molar-refractivity contribution in [1.29, 1.82) is 0 Å². The third-order valence-corrected chi connectivity index (χ3v) is 7.24. The molecule has 1 saturated heterocycles. The summed E-state index contributed by atoms with van der Waals surface area (Å²) in [6.07, 6.45) is 6.57. The molecule has 6 rings (SSSR count). The second-order valence-corrected chi connectivity index (χ2v) is 9.98. The van der Waals surface area contributed by atoms with Crippen LogP contribution in [0.4, 0.5) is 0 Å². The molecule has 0 bridgehead atoms. The fourth-order valence-corrected chi connectivity index (χ4v) is 5.04. The van der Waals surface area contributed by atoms with Crippen LogP contribution in [0.2, 0.25) is 0 Å². The van der Waals surface area contributed by atoms with Gasteiger partial charge in [-0.05, 0) is 113 Å². The van der Waals surface area contributed by atoms with Crippen LogP contribution in [0.15, 0.2) is 79.1 Å². The molecule has 1 aliphatic heterocycles. The van der Waals surface area contributed by atoms with Gasteiger partial charge in [0.25, 0.3) is 0 Å². The monoisotopic (exact) mass is 492 g/mol. The van der Waals surface area contributed by atoms with Gasteiger partial charge in [0.2, 0.25) is 0 Å². The average Bonchev–Trinajstić information content (AvgIpc) is 3.30. The molecule has 190 valence electrons. The van der Waals surface area contributed by atoms with E-state index >= 15 is 0 Å². The molecule has 0 N–H and O–H groups in total. The Kier molecular flexibility index (Phi) is 7.52. The molecule has 0 atom stereocenters. The van der Waals surface area contributed by atoms with E-state index < -0.39 is 0 Å². The minimum Gasteiger partial charge on any atom is -0.494 e. The van der Waals surface area contributed by atoms with Crippen LogP contribution in [0.25, 0.3) is 27.7 Å². The van der Waals surface area contributed by atoms with Gasteiger partial charge in [-0.15, -0.1) is 0 Å². The van der Waals surface area contributed by atoms with E-state index in [0.717, 1.165) is 33.9 Å². The quantitative estimate of drug-likeness (QED) is 0.269. The molecule has 0 radical (unpaired) electrons. The molecule has 5 aromatic rings. The van der Waals surface area contributed by atoms with Crippen molar-refractivity contribution in [3.05, 3.63) is 96.1 Å². The molecule has 4 heterocycles. The Morgan fingerprint density at radius 1 is 0.892 bits per heavy atom. The fraction of sp³-hybridized carbons (Fsp3) is 0.312. The largest absolute Gasteiger partial charge is 0.494 e. The highest BCUT2D eigenvalue weighted by Gasteiger charge is 2.18. The number of ether oxygens (including phenoxy) is 1. The molecule has 1 fully saturated rings. The number of aryl methyl sites for hydroxylation is 2. The van der Waals surface area contributed by atoms with E-state index in [1.54, 1.807) is 0 Å². The second-order valence-electron chi connectivity index (χ2n) is 9.98. The molecule has 0 saturated carbocycles. The minimum atomic E-state index is 0.699. The van der Waals surface area contributed by atoms with Crippen LogP contribution in [0.1, 0.15) is 42.6 Å². The number of hydrogen-bond donors (Lipinski definition) is 0. The zero-order chi connectivity index (χ0) is 25.8. The van der Waals surface area contributed by atoms with Crippen molar-refractivity contribution in [2.24, 2.45) is 0 Å². The van der Waals surface area contributed by atoms with Crippen LogP contribution in [-0.2, 0) is 0 Å². The van der Waals surface area contributed by atoms with Gasteiger partial charge in [-0.2, -0.15) is 0 Å². The first kappa shape index (κ1) is 25.0. The van der Waals surface area contributed by atoms with Crippen molar-refractivity contribution in [1.82, 2.24) is 19.3 Å². The van der Waals surface area contributed by atoms with E-state index in [4.69, 9.17) is 4.74 Å². The van der Waals surface area contributed by atoms with Gasteiger partial charge in [0.15, 0.2) is 0 Å². The highest BCUT2D eigenvalue weighted by Crippen LogP contribution is 2.30. The van der Waals surface area contributed by atoms with E-state index in [-0.39, 0.29) is 0 Å². The fourth-order valence-electron chi connectivity index (χ4n) is 5.04. The molecule has 1 aliphatic rings. The zero-order valence-corrected chi connectivity index (χ0v) is 22.3. The van der Waals surface area contributed by atoms with E-state index in [1.807, 2.05) is 44.3 Å². The third-order valence-electron chi connectivity index (χ3n) is 7.24. The van der Waals surface area contributed by atoms with Crippen LogP contribution < -0.4 is 4.74 Å². The Balaban J connectivity index is 0.000000171. The van der Waals surface area contributed by atoms with Gasteiger partial charge in [0.05, 0.1) is 12.1 Å². The van der Waals surface area contributed by atoms with Gasteiger partial charge in [0, 0.05) is 29.2 Å². The number of pyridine rings is 2. The molecule has 0 amide bonds. The highest BCUT2D eigenvalue weighted by molar-refractivity contribution is 5.80. The number of fused-ring (bicyclic) bond motifs is 2. The maximum absolute atomic E-state index is 5.42. The summed E-state index contributed by atoms with van der Waals surface area (Å²) in [6.45, 7) is 9.18. The van der Waals surface area contributed by atoms with Gasteiger partial charge < -0.3 is 14.0 Å². The summed E-state index contributed by atoms with van der Waals surface area (Å²) in [5.74, 6) is 1.63. The third kappa shape index (κ3) is 5.83. The normalized spacial score (nSPS) is 14.5. The average molecular weight is 493 g/mol. The van der Waals surface area contributed by atoms with Crippen molar-refractivity contribution < 1.29 is 4.74 Å². The Labute approximate surface area is 219 Å². The van der Waals surface area contributed by atoms with E-state index in [2.05, 4.69) is 81.9 Å². The lowest BCUT2D eigenvalue weighted by atomic mass is 9.89. The zero-order valence-electron chi connectivity index (χ0n) is 22.3. The van der Waals surface area contributed by atoms with Gasteiger partial charge in [-0.25, -0.2) is 4.98 Å². The summed E-state index contributed by atoms with van der Waals surface area (Å²) in [6, 6.07) is 23.5. The molecular formula is C32H36N4O. The number of likely N-dealkylation sites (tertiary alicyclic amines) is 1. The molecule has 0 spiro atoms. The molecule has 5 nitrogen and oxygen atoms in total. The van der Waals surface area contributed by atoms with Crippen LogP contribution >= 0.6 is 0 Å². The number of imidazole rings is 1. The lowest BCUT2D eigenvalue weighted by Gasteiger charge is -2.29. The predicted molar refractivity (Wildman–Crippen MR) is 152 cm³/mol. The standard InChI is InChI=1S/C20H23N3.C12H13NO/c1-15-14-21-20-13-19(9-12-23(15)20)17-5-3-16(4-6-17)18-7-10-22(2)11-8-18;1-3-14-11-6-7-12-10(8-11)5-4-9(2)13-12/h3-6,9,12-14,18H,7-8,10-11H2,1-2H3;4-8H,3H2,1-2H3. The maximum Gasteiger partial charge on any atom is 0.137 e. The van der Waals surface area contributed by atoms with Crippen molar-refractivity contribution in [3.8, 4) is 16.9 Å². The van der Waals surface area contributed by atoms with Crippen LogP contribution in [0.5, 0.6) is 5.75 Å². The summed E-state index contributed by atoms with van der Waals surface area (Å²) < 4.78 is 7.54. The summed E-state index contributed by atoms with van der Waals surface area (Å²) in [5.41, 5.74) is 8.24. The molecule has 5 heteroatoms. The van der Waals surface area contributed by atoms with E-state index in [1.165, 1.54) is 48.3 Å². The summed E-state index contributed by atoms with van der Waals surface area (Å²) in [7, 11) is 2.22.